The molecule has 1 aromatic heterocycles. The second-order valence-corrected chi connectivity index (χ2v) is 10.2. The summed E-state index contributed by atoms with van der Waals surface area (Å²) in [5.74, 6) is 2.20. The van der Waals surface area contributed by atoms with Crippen molar-refractivity contribution < 1.29 is 28.1 Å². The minimum Gasteiger partial charge on any atom is -0.493 e. The van der Waals surface area contributed by atoms with Crippen LogP contribution in [0.15, 0.2) is 66.0 Å². The number of ether oxygens (including phenoxy) is 4. The third-order valence-corrected chi connectivity index (χ3v) is 7.38. The zero-order chi connectivity index (χ0) is 27.9. The molecule has 0 atom stereocenters. The molecule has 1 aliphatic rings. The lowest BCUT2D eigenvalue weighted by Gasteiger charge is -2.22. The van der Waals surface area contributed by atoms with Crippen molar-refractivity contribution in [1.29, 1.82) is 0 Å². The van der Waals surface area contributed by atoms with Crippen LogP contribution in [0.4, 0.5) is 4.39 Å². The average molecular weight is 564 g/mol. The molecule has 3 aromatic carbocycles. The van der Waals surface area contributed by atoms with Gasteiger partial charge in [0.05, 0.1) is 20.8 Å². The Morgan fingerprint density at radius 1 is 1.00 bits per heavy atom. The predicted octanol–water partition coefficient (Wildman–Crippen LogP) is 5.20. The van der Waals surface area contributed by atoms with E-state index in [2.05, 4.69) is 15.2 Å². The fourth-order valence-electron chi connectivity index (χ4n) is 4.41. The molecule has 5 rings (SSSR count). The number of thiazole rings is 1. The Morgan fingerprint density at radius 2 is 1.80 bits per heavy atom. The van der Waals surface area contributed by atoms with E-state index in [9.17, 15) is 9.18 Å². The molecule has 0 aliphatic carbocycles. The first kappa shape index (κ1) is 27.4. The van der Waals surface area contributed by atoms with E-state index in [-0.39, 0.29) is 18.5 Å². The van der Waals surface area contributed by atoms with Crippen LogP contribution in [0.5, 0.6) is 23.0 Å². The molecule has 0 saturated heterocycles. The van der Waals surface area contributed by atoms with Crippen LogP contribution in [0.1, 0.15) is 32.2 Å². The largest absolute Gasteiger partial charge is 0.493 e. The normalized spacial score (nSPS) is 12.0. The van der Waals surface area contributed by atoms with Crippen molar-refractivity contribution in [2.45, 2.75) is 26.1 Å². The van der Waals surface area contributed by atoms with Crippen molar-refractivity contribution >= 4 is 17.2 Å². The van der Waals surface area contributed by atoms with Crippen LogP contribution in [-0.2, 0) is 26.1 Å². The molecule has 40 heavy (non-hydrogen) atoms. The number of rotatable bonds is 12. The number of halogens is 1. The fourth-order valence-corrected chi connectivity index (χ4v) is 5.22. The third kappa shape index (κ3) is 6.70. The first-order chi connectivity index (χ1) is 19.5. The lowest BCUT2D eigenvalue weighted by molar-refractivity contribution is 0.0946. The summed E-state index contributed by atoms with van der Waals surface area (Å²) in [5.41, 5.74) is 2.93. The van der Waals surface area contributed by atoms with Crippen LogP contribution < -0.4 is 24.3 Å². The van der Waals surface area contributed by atoms with Crippen LogP contribution in [0.2, 0.25) is 0 Å². The highest BCUT2D eigenvalue weighted by Crippen LogP contribution is 2.32. The summed E-state index contributed by atoms with van der Waals surface area (Å²) in [4.78, 5) is 19.5. The Kier molecular flexibility index (Phi) is 8.78. The number of carbonyl (C=O) groups is 1. The number of methoxy groups -OCH3 is 2. The molecule has 0 unspecified atom stereocenters. The summed E-state index contributed by atoms with van der Waals surface area (Å²) < 4.78 is 36.0. The summed E-state index contributed by atoms with van der Waals surface area (Å²) >= 11 is 1.41. The molecular formula is C30H30FN3O5S. The van der Waals surface area contributed by atoms with Gasteiger partial charge in [-0.25, -0.2) is 9.37 Å². The molecule has 0 radical (unpaired) electrons. The zero-order valence-corrected chi connectivity index (χ0v) is 23.1. The Labute approximate surface area is 236 Å². The van der Waals surface area contributed by atoms with Gasteiger partial charge in [-0.2, -0.15) is 0 Å². The number of nitrogens with one attached hydrogen (secondary N) is 1. The summed E-state index contributed by atoms with van der Waals surface area (Å²) in [7, 11) is 3.21. The second-order valence-electron chi connectivity index (χ2n) is 9.24. The number of hydrogen-bond donors (Lipinski definition) is 1. The monoisotopic (exact) mass is 563 g/mol. The maximum Gasteiger partial charge on any atom is 0.271 e. The van der Waals surface area contributed by atoms with Crippen LogP contribution in [0.3, 0.4) is 0 Å². The maximum absolute atomic E-state index is 14.5. The van der Waals surface area contributed by atoms with E-state index in [0.717, 1.165) is 16.1 Å². The number of aromatic nitrogens is 1. The van der Waals surface area contributed by atoms with Gasteiger partial charge in [-0.15, -0.1) is 11.3 Å². The number of benzene rings is 3. The van der Waals surface area contributed by atoms with Crippen LogP contribution in [0.25, 0.3) is 0 Å². The van der Waals surface area contributed by atoms with Gasteiger partial charge in [-0.1, -0.05) is 30.3 Å². The number of nitrogens with zero attached hydrogens (tertiary/aromatic N) is 2. The summed E-state index contributed by atoms with van der Waals surface area (Å²) in [6.45, 7) is 2.07. The molecule has 8 nitrogen and oxygen atoms in total. The van der Waals surface area contributed by atoms with E-state index in [4.69, 9.17) is 18.9 Å². The number of carbonyl (C=O) groups excluding carboxylic acids is 1. The van der Waals surface area contributed by atoms with Gasteiger partial charge in [0.15, 0.2) is 23.0 Å². The molecule has 10 heteroatoms. The van der Waals surface area contributed by atoms with Crippen molar-refractivity contribution in [3.05, 3.63) is 99.3 Å². The van der Waals surface area contributed by atoms with Gasteiger partial charge in [-0.05, 0) is 47.9 Å². The van der Waals surface area contributed by atoms with E-state index >= 15 is 0 Å². The lowest BCUT2D eigenvalue weighted by atomic mass is 10.1. The van der Waals surface area contributed by atoms with Crippen molar-refractivity contribution in [3.8, 4) is 23.0 Å². The van der Waals surface area contributed by atoms with Gasteiger partial charge in [0, 0.05) is 30.6 Å². The number of fused-ring (bicyclic) bond motifs is 1. The minimum atomic E-state index is -0.258. The maximum atomic E-state index is 14.5. The van der Waals surface area contributed by atoms with E-state index in [1.54, 1.807) is 31.7 Å². The smallest absolute Gasteiger partial charge is 0.271 e. The fraction of sp³-hybridized carbons (Fsp3) is 0.267. The van der Waals surface area contributed by atoms with Crippen LogP contribution in [-0.4, -0.2) is 43.3 Å². The van der Waals surface area contributed by atoms with Gasteiger partial charge in [0.1, 0.15) is 16.5 Å². The topological polar surface area (TPSA) is 82.2 Å². The van der Waals surface area contributed by atoms with Crippen LogP contribution >= 0.6 is 11.3 Å². The third-order valence-electron chi connectivity index (χ3n) is 6.55. The molecule has 4 aromatic rings. The molecule has 2 heterocycles. The number of hydrogen-bond acceptors (Lipinski definition) is 8. The molecule has 1 N–H and O–H groups in total. The van der Waals surface area contributed by atoms with Gasteiger partial charge in [0.25, 0.3) is 5.91 Å². The second kappa shape index (κ2) is 12.8. The van der Waals surface area contributed by atoms with Gasteiger partial charge in [-0.3, -0.25) is 9.69 Å². The molecule has 208 valence electrons. The zero-order valence-electron chi connectivity index (χ0n) is 22.3. The van der Waals surface area contributed by atoms with E-state index in [1.165, 1.54) is 17.4 Å². The van der Waals surface area contributed by atoms with Crippen molar-refractivity contribution in [3.63, 3.8) is 0 Å². The molecule has 0 saturated carbocycles. The Balaban J connectivity index is 1.24. The summed E-state index contributed by atoms with van der Waals surface area (Å²) in [5, 5.41) is 5.44. The lowest BCUT2D eigenvalue weighted by Crippen LogP contribution is -2.26. The molecule has 0 fully saturated rings. The minimum absolute atomic E-state index is 0.203. The van der Waals surface area contributed by atoms with E-state index in [0.29, 0.717) is 66.9 Å². The van der Waals surface area contributed by atoms with Crippen molar-refractivity contribution in [2.24, 2.45) is 0 Å². The molecule has 0 bridgehead atoms. The molecule has 0 spiro atoms. The van der Waals surface area contributed by atoms with Crippen molar-refractivity contribution in [1.82, 2.24) is 15.2 Å². The molecular weight excluding hydrogens is 533 g/mol. The van der Waals surface area contributed by atoms with Gasteiger partial charge >= 0.3 is 0 Å². The average Bonchev–Trinajstić information content (AvgIpc) is 3.65. The standard InChI is InChI=1S/C30H30FN3O5S/c1-36-25-9-7-20(13-27(25)37-2)11-12-34(16-22-5-3-4-6-23(22)31)17-29-33-24(18-40-29)30(35)32-15-21-8-10-26-28(14-21)39-19-38-26/h3-10,13-14,18H,11-12,15-17,19H2,1-2H3,(H,32,35). The molecule has 1 amide bonds. The van der Waals surface area contributed by atoms with Crippen molar-refractivity contribution in [2.75, 3.05) is 27.6 Å². The SMILES string of the molecule is COc1ccc(CCN(Cc2nc(C(=O)NCc3ccc4c(c3)OCO4)cs2)Cc2ccccc2F)cc1OC. The van der Waals surface area contributed by atoms with Gasteiger partial charge < -0.3 is 24.3 Å². The summed E-state index contributed by atoms with van der Waals surface area (Å²) in [6, 6.07) is 18.2. The predicted molar refractivity (Wildman–Crippen MR) is 150 cm³/mol. The van der Waals surface area contributed by atoms with Crippen LogP contribution in [0, 0.1) is 5.82 Å². The molecule has 1 aliphatic heterocycles. The Bertz CT molecular complexity index is 1480. The number of amides is 1. The highest BCUT2D eigenvalue weighted by Gasteiger charge is 2.17. The highest BCUT2D eigenvalue weighted by atomic mass is 32.1. The first-order valence-electron chi connectivity index (χ1n) is 12.8. The Morgan fingerprint density at radius 3 is 2.62 bits per heavy atom. The Hall–Kier alpha value is -4.15. The summed E-state index contributed by atoms with van der Waals surface area (Å²) in [6.07, 6.45) is 0.711. The first-order valence-corrected chi connectivity index (χ1v) is 13.7. The van der Waals surface area contributed by atoms with Gasteiger partial charge in [0.2, 0.25) is 6.79 Å². The van der Waals surface area contributed by atoms with E-state index in [1.807, 2.05) is 42.5 Å². The highest BCUT2D eigenvalue weighted by molar-refractivity contribution is 7.09. The van der Waals surface area contributed by atoms with E-state index < -0.39 is 0 Å². The quantitative estimate of drug-likeness (QED) is 0.254.